The van der Waals surface area contributed by atoms with E-state index in [9.17, 15) is 9.90 Å². The number of nitrogens with zero attached hydrogens (tertiary/aromatic N) is 3. The van der Waals surface area contributed by atoms with Crippen molar-refractivity contribution in [3.05, 3.63) is 78.0 Å². The van der Waals surface area contributed by atoms with E-state index in [2.05, 4.69) is 50.1 Å². The molecule has 134 valence electrons. The van der Waals surface area contributed by atoms with E-state index in [1.54, 1.807) is 0 Å². The number of fused-ring (bicyclic) bond motifs is 1. The van der Waals surface area contributed by atoms with Gasteiger partial charge in [-0.25, -0.2) is 9.78 Å². The summed E-state index contributed by atoms with van der Waals surface area (Å²) in [5, 5.41) is 16.7. The third-order valence-electron chi connectivity index (χ3n) is 4.10. The molecule has 0 fully saturated rings. The Morgan fingerprint density at radius 2 is 1.81 bits per heavy atom. The number of aromatic nitrogens is 3. The number of carboxylic acid groups (broad SMARTS) is 1. The Balaban J connectivity index is 1.85. The van der Waals surface area contributed by atoms with Crippen LogP contribution in [0.3, 0.4) is 0 Å². The van der Waals surface area contributed by atoms with Crippen molar-refractivity contribution in [1.29, 1.82) is 0 Å². The highest BCUT2D eigenvalue weighted by molar-refractivity contribution is 14.1. The predicted molar refractivity (Wildman–Crippen MR) is 113 cm³/mol. The Kier molecular flexibility index (Phi) is 4.76. The normalized spacial score (nSPS) is 10.9. The van der Waals surface area contributed by atoms with Gasteiger partial charge in [-0.1, -0.05) is 65.1 Å². The minimum absolute atomic E-state index is 0.0454. The number of rotatable bonds is 5. The number of hydrogen-bond donors (Lipinski definition) is 2. The Morgan fingerprint density at radius 3 is 2.48 bits per heavy atom. The van der Waals surface area contributed by atoms with Gasteiger partial charge in [0.2, 0.25) is 0 Å². The van der Waals surface area contributed by atoms with E-state index in [4.69, 9.17) is 0 Å². The third kappa shape index (κ3) is 3.63. The first kappa shape index (κ1) is 17.5. The van der Waals surface area contributed by atoms with Gasteiger partial charge in [0, 0.05) is 27.8 Å². The molecule has 0 saturated heterocycles. The van der Waals surface area contributed by atoms with E-state index >= 15 is 0 Å². The summed E-state index contributed by atoms with van der Waals surface area (Å²) in [5.74, 6) is -0.439. The molecule has 0 amide bonds. The van der Waals surface area contributed by atoms with E-state index < -0.39 is 5.97 Å². The molecule has 4 aromatic rings. The minimum Gasteiger partial charge on any atom is -0.476 e. The second-order valence-corrected chi connectivity index (χ2v) is 6.72. The SMILES string of the molecule is O=C(O)c1cc2nc(-c3ccc(CI)cc3)cc(Nc3ccccc3)n2n1. The van der Waals surface area contributed by atoms with Crippen LogP contribution in [-0.4, -0.2) is 25.7 Å². The summed E-state index contributed by atoms with van der Waals surface area (Å²) in [7, 11) is 0. The molecule has 0 atom stereocenters. The lowest BCUT2D eigenvalue weighted by Crippen LogP contribution is -2.03. The maximum absolute atomic E-state index is 11.3. The Labute approximate surface area is 169 Å². The molecular formula is C20H15IN4O2. The van der Waals surface area contributed by atoms with Crippen LogP contribution in [0.25, 0.3) is 16.9 Å². The first-order chi connectivity index (χ1) is 13.1. The van der Waals surface area contributed by atoms with Crippen LogP contribution < -0.4 is 5.32 Å². The highest BCUT2D eigenvalue weighted by atomic mass is 127. The van der Waals surface area contributed by atoms with Gasteiger partial charge in [0.1, 0.15) is 5.82 Å². The monoisotopic (exact) mass is 470 g/mol. The average Bonchev–Trinajstić information content (AvgIpc) is 3.14. The Morgan fingerprint density at radius 1 is 1.07 bits per heavy atom. The van der Waals surface area contributed by atoms with E-state index in [0.717, 1.165) is 21.4 Å². The fourth-order valence-electron chi connectivity index (χ4n) is 2.75. The molecule has 4 rings (SSSR count). The van der Waals surface area contributed by atoms with Crippen LogP contribution in [0.15, 0.2) is 66.7 Å². The summed E-state index contributed by atoms with van der Waals surface area (Å²) in [5.41, 5.74) is 4.25. The number of nitrogens with one attached hydrogen (secondary N) is 1. The number of hydrogen-bond acceptors (Lipinski definition) is 4. The van der Waals surface area contributed by atoms with Gasteiger partial charge in [0.05, 0.1) is 5.69 Å². The number of carbonyl (C=O) groups is 1. The van der Waals surface area contributed by atoms with E-state index in [-0.39, 0.29) is 5.69 Å². The molecule has 2 aromatic heterocycles. The topological polar surface area (TPSA) is 79.5 Å². The Hall–Kier alpha value is -2.94. The summed E-state index contributed by atoms with van der Waals surface area (Å²) in [6.45, 7) is 0. The van der Waals surface area contributed by atoms with Crippen LogP contribution >= 0.6 is 22.6 Å². The first-order valence-corrected chi connectivity index (χ1v) is 9.78. The smallest absolute Gasteiger partial charge is 0.356 e. The fraction of sp³-hybridized carbons (Fsp3) is 0.0500. The van der Waals surface area contributed by atoms with Gasteiger partial charge in [0.15, 0.2) is 11.3 Å². The third-order valence-corrected chi connectivity index (χ3v) is 4.98. The number of anilines is 2. The molecule has 0 radical (unpaired) electrons. The van der Waals surface area contributed by atoms with Gasteiger partial charge in [-0.2, -0.15) is 9.61 Å². The second kappa shape index (κ2) is 7.36. The van der Waals surface area contributed by atoms with Crippen LogP contribution in [-0.2, 0) is 4.43 Å². The highest BCUT2D eigenvalue weighted by Crippen LogP contribution is 2.25. The van der Waals surface area contributed by atoms with E-state index in [1.807, 2.05) is 48.5 Å². The lowest BCUT2D eigenvalue weighted by Gasteiger charge is -2.11. The van der Waals surface area contributed by atoms with Crippen molar-refractivity contribution in [3.8, 4) is 11.3 Å². The molecule has 0 unspecified atom stereocenters. The van der Waals surface area contributed by atoms with Gasteiger partial charge in [-0.15, -0.1) is 0 Å². The molecule has 6 nitrogen and oxygen atoms in total. The van der Waals surface area contributed by atoms with Gasteiger partial charge in [0.25, 0.3) is 0 Å². The van der Waals surface area contributed by atoms with Crippen LogP contribution in [0, 0.1) is 0 Å². The molecule has 0 saturated carbocycles. The summed E-state index contributed by atoms with van der Waals surface area (Å²) in [4.78, 5) is 15.9. The summed E-state index contributed by atoms with van der Waals surface area (Å²) < 4.78 is 2.45. The number of para-hydroxylation sites is 1. The zero-order valence-electron chi connectivity index (χ0n) is 14.1. The number of halogens is 1. The molecule has 0 aliphatic rings. The molecule has 0 aliphatic heterocycles. The van der Waals surface area contributed by atoms with Crippen molar-refractivity contribution in [2.24, 2.45) is 0 Å². The van der Waals surface area contributed by atoms with Gasteiger partial charge >= 0.3 is 5.97 Å². The fourth-order valence-corrected chi connectivity index (χ4v) is 3.26. The lowest BCUT2D eigenvalue weighted by molar-refractivity contribution is 0.0690. The van der Waals surface area contributed by atoms with Crippen molar-refractivity contribution >= 4 is 45.7 Å². The van der Waals surface area contributed by atoms with E-state index in [1.165, 1.54) is 16.1 Å². The lowest BCUT2D eigenvalue weighted by atomic mass is 10.1. The molecule has 2 heterocycles. The summed E-state index contributed by atoms with van der Waals surface area (Å²) in [6, 6.07) is 21.2. The number of carboxylic acids is 1. The molecule has 2 N–H and O–H groups in total. The van der Waals surface area contributed by atoms with Gasteiger partial charge in [-0.3, -0.25) is 0 Å². The number of alkyl halides is 1. The summed E-state index contributed by atoms with van der Waals surface area (Å²) >= 11 is 2.32. The van der Waals surface area contributed by atoms with Crippen molar-refractivity contribution in [3.63, 3.8) is 0 Å². The van der Waals surface area contributed by atoms with Crippen molar-refractivity contribution in [2.75, 3.05) is 5.32 Å². The molecule has 0 aliphatic carbocycles. The minimum atomic E-state index is -1.08. The van der Waals surface area contributed by atoms with E-state index in [0.29, 0.717) is 11.5 Å². The predicted octanol–water partition coefficient (Wildman–Crippen LogP) is 4.77. The quantitative estimate of drug-likeness (QED) is 0.325. The zero-order chi connectivity index (χ0) is 18.8. The van der Waals surface area contributed by atoms with Crippen LogP contribution in [0.4, 0.5) is 11.5 Å². The largest absolute Gasteiger partial charge is 0.476 e. The second-order valence-electron chi connectivity index (χ2n) is 5.95. The number of benzene rings is 2. The molecule has 0 spiro atoms. The average molecular weight is 470 g/mol. The maximum Gasteiger partial charge on any atom is 0.356 e. The molecule has 0 bridgehead atoms. The van der Waals surface area contributed by atoms with Crippen LogP contribution in [0.5, 0.6) is 0 Å². The van der Waals surface area contributed by atoms with Crippen molar-refractivity contribution in [1.82, 2.24) is 14.6 Å². The molecule has 2 aromatic carbocycles. The van der Waals surface area contributed by atoms with Crippen LogP contribution in [0.2, 0.25) is 0 Å². The van der Waals surface area contributed by atoms with Crippen molar-refractivity contribution < 1.29 is 9.90 Å². The van der Waals surface area contributed by atoms with Gasteiger partial charge < -0.3 is 10.4 Å². The van der Waals surface area contributed by atoms with Crippen LogP contribution in [0.1, 0.15) is 16.1 Å². The van der Waals surface area contributed by atoms with Gasteiger partial charge in [-0.05, 0) is 17.7 Å². The van der Waals surface area contributed by atoms with Crippen molar-refractivity contribution in [2.45, 2.75) is 4.43 Å². The highest BCUT2D eigenvalue weighted by Gasteiger charge is 2.14. The zero-order valence-corrected chi connectivity index (χ0v) is 16.3. The number of aromatic carboxylic acids is 1. The first-order valence-electron chi connectivity index (χ1n) is 8.25. The molecular weight excluding hydrogens is 455 g/mol. The Bertz CT molecular complexity index is 1110. The molecule has 7 heteroatoms. The standard InChI is InChI=1S/C20H15IN4O2/c21-12-13-6-8-14(9-7-13)16-10-18(22-15-4-2-1-3-5-15)25-19(23-16)11-17(24-25)20(26)27/h1-11,22H,12H2,(H,26,27). The molecule has 27 heavy (non-hydrogen) atoms. The summed E-state index contributed by atoms with van der Waals surface area (Å²) in [6.07, 6.45) is 0. The maximum atomic E-state index is 11.3.